The molecule has 0 bridgehead atoms. The van der Waals surface area contributed by atoms with Gasteiger partial charge in [0.15, 0.2) is 0 Å². The molecule has 1 aliphatic heterocycles. The van der Waals surface area contributed by atoms with E-state index in [1.165, 1.54) is 5.69 Å². The van der Waals surface area contributed by atoms with Crippen molar-refractivity contribution in [2.24, 2.45) is 7.05 Å². The Bertz CT molecular complexity index is 376. The maximum Gasteiger partial charge on any atom is 0.0698 e. The van der Waals surface area contributed by atoms with Crippen LogP contribution in [-0.2, 0) is 18.2 Å². The van der Waals surface area contributed by atoms with E-state index in [-0.39, 0.29) is 6.10 Å². The molecule has 18 heavy (non-hydrogen) atoms. The first-order chi connectivity index (χ1) is 8.63. The lowest BCUT2D eigenvalue weighted by molar-refractivity contribution is -0.108. The molecule has 102 valence electrons. The van der Waals surface area contributed by atoms with Crippen molar-refractivity contribution in [1.29, 1.82) is 0 Å². The number of aromatic nitrogens is 2. The first kappa shape index (κ1) is 13.6. The molecule has 2 atom stereocenters. The molecule has 4 heteroatoms. The smallest absolute Gasteiger partial charge is 0.0698 e. The molecule has 4 nitrogen and oxygen atoms in total. The lowest BCUT2D eigenvalue weighted by atomic mass is 9.84. The number of aryl methyl sites for hydroxylation is 2. The predicted octanol–water partition coefficient (Wildman–Crippen LogP) is 2.06. The Morgan fingerprint density at radius 2 is 2.44 bits per heavy atom. The molecule has 0 spiro atoms. The van der Waals surface area contributed by atoms with Gasteiger partial charge >= 0.3 is 0 Å². The van der Waals surface area contributed by atoms with Gasteiger partial charge in [0, 0.05) is 32.0 Å². The van der Waals surface area contributed by atoms with Crippen LogP contribution in [-0.4, -0.2) is 33.2 Å². The summed E-state index contributed by atoms with van der Waals surface area (Å²) in [7, 11) is 1.95. The van der Waals surface area contributed by atoms with Crippen LogP contribution in [0.5, 0.6) is 0 Å². The summed E-state index contributed by atoms with van der Waals surface area (Å²) in [6.07, 6.45) is 7.42. The molecule has 0 aliphatic carbocycles. The maximum absolute atomic E-state index is 10.6. The standard InChI is InChI=1S/C14H24N2O2/c1-3-4-13-11-14(17,8-10-18-13)7-5-12-6-9-15-16(12)2/h6,9,13,17H,3-5,7-8,10-11H2,1-2H3. The van der Waals surface area contributed by atoms with E-state index in [0.717, 1.165) is 38.5 Å². The first-order valence-electron chi connectivity index (χ1n) is 6.94. The average Bonchev–Trinajstić information content (AvgIpc) is 2.73. The minimum Gasteiger partial charge on any atom is -0.390 e. The van der Waals surface area contributed by atoms with Crippen LogP contribution in [0, 0.1) is 0 Å². The van der Waals surface area contributed by atoms with Crippen LogP contribution in [0.2, 0.25) is 0 Å². The van der Waals surface area contributed by atoms with Gasteiger partial charge in [-0.15, -0.1) is 0 Å². The van der Waals surface area contributed by atoms with Crippen LogP contribution in [0.1, 0.15) is 44.7 Å². The van der Waals surface area contributed by atoms with Crippen molar-refractivity contribution < 1.29 is 9.84 Å². The van der Waals surface area contributed by atoms with Crippen molar-refractivity contribution >= 4 is 0 Å². The number of hydrogen-bond acceptors (Lipinski definition) is 3. The number of rotatable bonds is 5. The van der Waals surface area contributed by atoms with E-state index in [1.807, 2.05) is 24.0 Å². The van der Waals surface area contributed by atoms with Crippen LogP contribution in [0.4, 0.5) is 0 Å². The van der Waals surface area contributed by atoms with E-state index in [2.05, 4.69) is 12.0 Å². The van der Waals surface area contributed by atoms with Gasteiger partial charge in [0.1, 0.15) is 0 Å². The molecule has 0 saturated carbocycles. The van der Waals surface area contributed by atoms with Gasteiger partial charge in [-0.05, 0) is 31.7 Å². The van der Waals surface area contributed by atoms with Crippen molar-refractivity contribution in [3.05, 3.63) is 18.0 Å². The lowest BCUT2D eigenvalue weighted by Crippen LogP contribution is -2.41. The third kappa shape index (κ3) is 3.33. The first-order valence-corrected chi connectivity index (χ1v) is 6.94. The van der Waals surface area contributed by atoms with Gasteiger partial charge in [0.25, 0.3) is 0 Å². The summed E-state index contributed by atoms with van der Waals surface area (Å²) >= 11 is 0. The van der Waals surface area contributed by atoms with Gasteiger partial charge < -0.3 is 9.84 Å². The molecule has 2 rings (SSSR count). The molecule has 2 unspecified atom stereocenters. The number of nitrogens with zero attached hydrogens (tertiary/aromatic N) is 2. The molecule has 1 saturated heterocycles. The molecule has 2 heterocycles. The Morgan fingerprint density at radius 1 is 1.61 bits per heavy atom. The monoisotopic (exact) mass is 252 g/mol. The molecule has 1 aliphatic rings. The number of hydrogen-bond donors (Lipinski definition) is 1. The van der Waals surface area contributed by atoms with Crippen LogP contribution in [0.3, 0.4) is 0 Å². The summed E-state index contributed by atoms with van der Waals surface area (Å²) in [4.78, 5) is 0. The summed E-state index contributed by atoms with van der Waals surface area (Å²) in [6, 6.07) is 2.02. The highest BCUT2D eigenvalue weighted by Crippen LogP contribution is 2.30. The highest BCUT2D eigenvalue weighted by atomic mass is 16.5. The topological polar surface area (TPSA) is 47.3 Å². The zero-order valence-corrected chi connectivity index (χ0v) is 11.4. The van der Waals surface area contributed by atoms with E-state index < -0.39 is 5.60 Å². The summed E-state index contributed by atoms with van der Waals surface area (Å²) in [6.45, 7) is 2.85. The fourth-order valence-corrected chi connectivity index (χ4v) is 2.74. The lowest BCUT2D eigenvalue weighted by Gasteiger charge is -2.37. The molecule has 1 N–H and O–H groups in total. The second-order valence-electron chi connectivity index (χ2n) is 5.41. The zero-order valence-electron chi connectivity index (χ0n) is 11.4. The Morgan fingerprint density at radius 3 is 3.11 bits per heavy atom. The van der Waals surface area contributed by atoms with Gasteiger partial charge in [-0.25, -0.2) is 0 Å². The van der Waals surface area contributed by atoms with Crippen LogP contribution in [0.15, 0.2) is 12.3 Å². The average molecular weight is 252 g/mol. The van der Waals surface area contributed by atoms with Crippen LogP contribution < -0.4 is 0 Å². The molecule has 0 radical (unpaired) electrons. The van der Waals surface area contributed by atoms with E-state index in [9.17, 15) is 5.11 Å². The van der Waals surface area contributed by atoms with Crippen molar-refractivity contribution in [3.63, 3.8) is 0 Å². The molecule has 1 fully saturated rings. The summed E-state index contributed by atoms with van der Waals surface area (Å²) < 4.78 is 7.58. The Balaban J connectivity index is 1.88. The highest BCUT2D eigenvalue weighted by molar-refractivity contribution is 5.01. The number of aliphatic hydroxyl groups is 1. The molecule has 1 aromatic heterocycles. The number of ether oxygens (including phenoxy) is 1. The van der Waals surface area contributed by atoms with E-state index in [0.29, 0.717) is 6.61 Å². The minimum absolute atomic E-state index is 0.236. The van der Waals surface area contributed by atoms with Gasteiger partial charge in [-0.2, -0.15) is 5.10 Å². The summed E-state index contributed by atoms with van der Waals surface area (Å²) in [5, 5.41) is 14.8. The summed E-state index contributed by atoms with van der Waals surface area (Å²) in [5.74, 6) is 0. The third-order valence-corrected chi connectivity index (χ3v) is 3.91. The van der Waals surface area contributed by atoms with Crippen molar-refractivity contribution in [2.45, 2.75) is 57.2 Å². The third-order valence-electron chi connectivity index (χ3n) is 3.91. The normalized spacial score (nSPS) is 28.5. The second kappa shape index (κ2) is 5.85. The quantitative estimate of drug-likeness (QED) is 0.872. The minimum atomic E-state index is -0.553. The zero-order chi connectivity index (χ0) is 13.0. The van der Waals surface area contributed by atoms with E-state index in [4.69, 9.17) is 4.74 Å². The van der Waals surface area contributed by atoms with E-state index in [1.54, 1.807) is 0 Å². The van der Waals surface area contributed by atoms with Crippen LogP contribution in [0.25, 0.3) is 0 Å². The molecule has 0 aromatic carbocycles. The Labute approximate surface area is 109 Å². The van der Waals surface area contributed by atoms with E-state index >= 15 is 0 Å². The molecule has 1 aromatic rings. The fraction of sp³-hybridized carbons (Fsp3) is 0.786. The Hall–Kier alpha value is -0.870. The largest absolute Gasteiger partial charge is 0.390 e. The summed E-state index contributed by atoms with van der Waals surface area (Å²) in [5.41, 5.74) is 0.629. The molecular formula is C14H24N2O2. The van der Waals surface area contributed by atoms with Crippen molar-refractivity contribution in [2.75, 3.05) is 6.61 Å². The molecule has 0 amide bonds. The van der Waals surface area contributed by atoms with Gasteiger partial charge in [-0.1, -0.05) is 13.3 Å². The van der Waals surface area contributed by atoms with Gasteiger partial charge in [0.2, 0.25) is 0 Å². The van der Waals surface area contributed by atoms with Crippen molar-refractivity contribution in [1.82, 2.24) is 9.78 Å². The highest BCUT2D eigenvalue weighted by Gasteiger charge is 2.34. The predicted molar refractivity (Wildman–Crippen MR) is 70.4 cm³/mol. The second-order valence-corrected chi connectivity index (χ2v) is 5.41. The SMILES string of the molecule is CCCC1CC(O)(CCc2ccnn2C)CCO1. The van der Waals surface area contributed by atoms with Gasteiger partial charge in [0.05, 0.1) is 11.7 Å². The molecular weight excluding hydrogens is 228 g/mol. The Kier molecular flexibility index (Phi) is 4.40. The van der Waals surface area contributed by atoms with Crippen molar-refractivity contribution in [3.8, 4) is 0 Å². The van der Waals surface area contributed by atoms with Gasteiger partial charge in [-0.3, -0.25) is 4.68 Å². The fourth-order valence-electron chi connectivity index (χ4n) is 2.74. The maximum atomic E-state index is 10.6. The van der Waals surface area contributed by atoms with Crippen LogP contribution >= 0.6 is 0 Å².